The second-order valence-corrected chi connectivity index (χ2v) is 7.61. The molecule has 1 nitrogen and oxygen atoms in total. The Kier molecular flexibility index (Phi) is 3.41. The maximum Gasteiger partial charge on any atom is 0.0276 e. The molecule has 0 amide bonds. The molecule has 0 heterocycles. The number of fused-ring (bicyclic) bond motifs is 1. The molecular weight excluding hydrogens is 254 g/mol. The van der Waals surface area contributed by atoms with Crippen molar-refractivity contribution in [2.45, 2.75) is 51.0 Å². The minimum absolute atomic E-state index is 0.118. The molecule has 1 aliphatic carbocycles. The Hall–Kier alpha value is -1.60. The lowest BCUT2D eigenvalue weighted by Crippen LogP contribution is -2.42. The predicted octanol–water partition coefficient (Wildman–Crippen LogP) is 4.02. The molecule has 1 aliphatic rings. The molecule has 0 atom stereocenters. The number of hydrogen-bond acceptors (Lipinski definition) is 1. The average Bonchev–Trinajstić information content (AvgIpc) is 2.73. The Labute approximate surface area is 128 Å². The van der Waals surface area contributed by atoms with Crippen LogP contribution >= 0.6 is 0 Å². The molecule has 0 fully saturated rings. The van der Waals surface area contributed by atoms with E-state index in [-0.39, 0.29) is 11.0 Å². The van der Waals surface area contributed by atoms with Crippen molar-refractivity contribution in [1.82, 2.24) is 0 Å². The van der Waals surface area contributed by atoms with Gasteiger partial charge < -0.3 is 5.73 Å². The van der Waals surface area contributed by atoms with Crippen molar-refractivity contribution >= 4 is 0 Å². The maximum atomic E-state index is 6.67. The zero-order valence-electron chi connectivity index (χ0n) is 13.3. The van der Waals surface area contributed by atoms with E-state index in [0.717, 1.165) is 19.3 Å². The molecule has 2 aromatic carbocycles. The van der Waals surface area contributed by atoms with Gasteiger partial charge in [-0.1, -0.05) is 69.3 Å². The zero-order valence-corrected chi connectivity index (χ0v) is 13.3. The van der Waals surface area contributed by atoms with Crippen LogP contribution in [0.2, 0.25) is 0 Å². The summed E-state index contributed by atoms with van der Waals surface area (Å²) >= 11 is 0. The Morgan fingerprint density at radius 3 is 1.90 bits per heavy atom. The van der Waals surface area contributed by atoms with Gasteiger partial charge in [0.1, 0.15) is 0 Å². The highest BCUT2D eigenvalue weighted by molar-refractivity contribution is 5.38. The van der Waals surface area contributed by atoms with Crippen molar-refractivity contribution in [1.29, 1.82) is 0 Å². The lowest BCUT2D eigenvalue weighted by molar-refractivity contribution is 0.446. The van der Waals surface area contributed by atoms with Gasteiger partial charge in [0.05, 0.1) is 0 Å². The first kappa shape index (κ1) is 14.3. The summed E-state index contributed by atoms with van der Waals surface area (Å²) in [4.78, 5) is 0. The van der Waals surface area contributed by atoms with E-state index in [1.807, 2.05) is 0 Å². The van der Waals surface area contributed by atoms with Crippen LogP contribution in [0, 0.1) is 0 Å². The highest BCUT2D eigenvalue weighted by atomic mass is 14.7. The molecule has 0 radical (unpaired) electrons. The highest BCUT2D eigenvalue weighted by Gasteiger charge is 2.33. The van der Waals surface area contributed by atoms with Gasteiger partial charge in [-0.15, -0.1) is 0 Å². The second-order valence-electron chi connectivity index (χ2n) is 7.61. The van der Waals surface area contributed by atoms with Crippen molar-refractivity contribution in [3.05, 3.63) is 70.8 Å². The van der Waals surface area contributed by atoms with Crippen LogP contribution in [0.5, 0.6) is 0 Å². The van der Waals surface area contributed by atoms with Gasteiger partial charge in [-0.25, -0.2) is 0 Å². The summed E-state index contributed by atoms with van der Waals surface area (Å²) < 4.78 is 0. The lowest BCUT2D eigenvalue weighted by atomic mass is 9.84. The third kappa shape index (κ3) is 3.03. The van der Waals surface area contributed by atoms with Gasteiger partial charge in [-0.05, 0) is 46.9 Å². The summed E-state index contributed by atoms with van der Waals surface area (Å²) in [5.74, 6) is 0. The normalized spacial score (nSPS) is 16.8. The smallest absolute Gasteiger partial charge is 0.0276 e. The monoisotopic (exact) mass is 279 g/mol. The van der Waals surface area contributed by atoms with E-state index >= 15 is 0 Å². The summed E-state index contributed by atoms with van der Waals surface area (Å²) in [7, 11) is 0. The van der Waals surface area contributed by atoms with Crippen molar-refractivity contribution in [3.63, 3.8) is 0 Å². The lowest BCUT2D eigenvalue weighted by Gasteiger charge is -2.25. The molecule has 110 valence electrons. The summed E-state index contributed by atoms with van der Waals surface area (Å²) in [5.41, 5.74) is 12.3. The summed E-state index contributed by atoms with van der Waals surface area (Å²) in [6, 6.07) is 17.7. The maximum absolute atomic E-state index is 6.67. The average molecular weight is 279 g/mol. The van der Waals surface area contributed by atoms with Crippen LogP contribution in [0.25, 0.3) is 0 Å². The van der Waals surface area contributed by atoms with Crippen molar-refractivity contribution in [3.8, 4) is 0 Å². The van der Waals surface area contributed by atoms with E-state index < -0.39 is 0 Å². The van der Waals surface area contributed by atoms with Gasteiger partial charge in [-0.3, -0.25) is 0 Å². The largest absolute Gasteiger partial charge is 0.324 e. The van der Waals surface area contributed by atoms with Crippen LogP contribution in [0.1, 0.15) is 43.0 Å². The molecule has 0 spiro atoms. The van der Waals surface area contributed by atoms with Gasteiger partial charge in [0.2, 0.25) is 0 Å². The molecule has 0 aromatic heterocycles. The molecule has 0 aliphatic heterocycles. The number of rotatable bonds is 2. The van der Waals surface area contributed by atoms with Gasteiger partial charge in [0, 0.05) is 5.54 Å². The summed E-state index contributed by atoms with van der Waals surface area (Å²) in [6.45, 7) is 6.75. The van der Waals surface area contributed by atoms with E-state index in [2.05, 4.69) is 69.3 Å². The quantitative estimate of drug-likeness (QED) is 0.882. The van der Waals surface area contributed by atoms with Crippen LogP contribution in [0.3, 0.4) is 0 Å². The van der Waals surface area contributed by atoms with Crippen LogP contribution < -0.4 is 5.73 Å². The standard InChI is InChI=1S/C20H25N/c1-19(2,3)18-10-8-15(9-11-18)12-20(21)13-16-6-4-5-7-17(16)14-20/h4-11H,12-14,21H2,1-3H3. The summed E-state index contributed by atoms with van der Waals surface area (Å²) in [6.07, 6.45) is 2.93. The molecule has 0 saturated heterocycles. The first-order valence-corrected chi connectivity index (χ1v) is 7.81. The molecule has 3 rings (SSSR count). The van der Waals surface area contributed by atoms with Gasteiger partial charge in [-0.2, -0.15) is 0 Å². The molecule has 0 unspecified atom stereocenters. The zero-order chi connectivity index (χ0) is 15.1. The van der Waals surface area contributed by atoms with Gasteiger partial charge in [0.25, 0.3) is 0 Å². The van der Waals surface area contributed by atoms with Crippen LogP contribution in [0.15, 0.2) is 48.5 Å². The SMILES string of the molecule is CC(C)(C)c1ccc(CC2(N)Cc3ccccc3C2)cc1. The van der Waals surface area contributed by atoms with E-state index in [1.54, 1.807) is 0 Å². The van der Waals surface area contributed by atoms with Gasteiger partial charge in [0.15, 0.2) is 0 Å². The molecular formula is C20H25N. The fraction of sp³-hybridized carbons (Fsp3) is 0.400. The van der Waals surface area contributed by atoms with Crippen molar-refractivity contribution in [2.75, 3.05) is 0 Å². The third-order valence-electron chi connectivity index (χ3n) is 4.58. The number of hydrogen-bond donors (Lipinski definition) is 1. The highest BCUT2D eigenvalue weighted by Crippen LogP contribution is 2.31. The summed E-state index contributed by atoms with van der Waals surface area (Å²) in [5, 5.41) is 0. The fourth-order valence-electron chi connectivity index (χ4n) is 3.38. The topological polar surface area (TPSA) is 26.0 Å². The molecule has 2 N–H and O–H groups in total. The predicted molar refractivity (Wildman–Crippen MR) is 89.6 cm³/mol. The van der Waals surface area contributed by atoms with Crippen LogP contribution in [-0.2, 0) is 24.7 Å². The van der Waals surface area contributed by atoms with E-state index in [1.165, 1.54) is 22.3 Å². The molecule has 2 aromatic rings. The first-order valence-electron chi connectivity index (χ1n) is 7.81. The minimum Gasteiger partial charge on any atom is -0.324 e. The molecule has 0 bridgehead atoms. The number of benzene rings is 2. The second kappa shape index (κ2) is 4.99. The van der Waals surface area contributed by atoms with Crippen molar-refractivity contribution < 1.29 is 0 Å². The molecule has 0 saturated carbocycles. The Balaban J connectivity index is 1.76. The van der Waals surface area contributed by atoms with E-state index in [0.29, 0.717) is 0 Å². The van der Waals surface area contributed by atoms with Crippen molar-refractivity contribution in [2.24, 2.45) is 5.73 Å². The molecule has 1 heteroatoms. The number of nitrogens with two attached hydrogens (primary N) is 1. The fourth-order valence-corrected chi connectivity index (χ4v) is 3.38. The third-order valence-corrected chi connectivity index (χ3v) is 4.58. The van der Waals surface area contributed by atoms with E-state index in [9.17, 15) is 0 Å². The van der Waals surface area contributed by atoms with Gasteiger partial charge >= 0.3 is 0 Å². The minimum atomic E-state index is -0.118. The Morgan fingerprint density at radius 1 is 0.905 bits per heavy atom. The first-order chi connectivity index (χ1) is 9.86. The molecule has 21 heavy (non-hydrogen) atoms. The van der Waals surface area contributed by atoms with Crippen LogP contribution in [0.4, 0.5) is 0 Å². The Bertz CT molecular complexity index is 607. The van der Waals surface area contributed by atoms with Crippen LogP contribution in [-0.4, -0.2) is 5.54 Å². The van der Waals surface area contributed by atoms with E-state index in [4.69, 9.17) is 5.73 Å². The Morgan fingerprint density at radius 2 is 1.43 bits per heavy atom.